The molecule has 0 bridgehead atoms. The molecule has 1 saturated carbocycles. The second-order valence-electron chi connectivity index (χ2n) is 8.11. The van der Waals surface area contributed by atoms with E-state index in [-0.39, 0.29) is 30.2 Å². The standard InChI is InChI=1S/C24H24N2O5/c27-21(25-20(24(30)31)15-8-2-1-3-9-15)17-11-5-4-10-16(17)14-26-22(28)18-12-6-7-13-19(18)23(26)29/h1-3,6-9,12-13,16-17,20H,4-5,10-11,14H2,(H,25,27)(H,30,31)/t16?,17?,20-/m0/s1. The Bertz CT molecular complexity index is 985. The maximum atomic E-state index is 13.1. The van der Waals surface area contributed by atoms with Gasteiger partial charge < -0.3 is 10.4 Å². The van der Waals surface area contributed by atoms with Crippen LogP contribution in [0.3, 0.4) is 0 Å². The number of nitrogens with one attached hydrogen (secondary N) is 1. The third-order valence-electron chi connectivity index (χ3n) is 6.21. The molecule has 7 heteroatoms. The van der Waals surface area contributed by atoms with Crippen LogP contribution in [0.4, 0.5) is 0 Å². The molecule has 3 amide bonds. The summed E-state index contributed by atoms with van der Waals surface area (Å²) in [7, 11) is 0. The number of amides is 3. The molecule has 0 saturated heterocycles. The lowest BCUT2D eigenvalue weighted by Crippen LogP contribution is -2.45. The van der Waals surface area contributed by atoms with Crippen LogP contribution in [0.15, 0.2) is 54.6 Å². The average molecular weight is 420 g/mol. The van der Waals surface area contributed by atoms with E-state index in [9.17, 15) is 24.3 Å². The molecule has 1 aliphatic heterocycles. The number of imide groups is 1. The lowest BCUT2D eigenvalue weighted by molar-refractivity contribution is -0.143. The molecule has 160 valence electrons. The summed E-state index contributed by atoms with van der Waals surface area (Å²) in [6.45, 7) is 0.160. The number of aliphatic carboxylic acids is 1. The Hall–Kier alpha value is -3.48. The van der Waals surface area contributed by atoms with Crippen molar-refractivity contribution in [3.05, 3.63) is 71.3 Å². The molecule has 2 N–H and O–H groups in total. The van der Waals surface area contributed by atoms with Gasteiger partial charge in [-0.25, -0.2) is 4.79 Å². The van der Waals surface area contributed by atoms with Gasteiger partial charge in [0.1, 0.15) is 0 Å². The SMILES string of the molecule is O=C(N[C@H](C(=O)O)c1ccccc1)C1CCCCC1CN1C(=O)c2ccccc2C1=O. The number of rotatable bonds is 6. The number of benzene rings is 2. The number of carbonyl (C=O) groups excluding carboxylic acids is 3. The van der Waals surface area contributed by atoms with Crippen molar-refractivity contribution in [2.45, 2.75) is 31.7 Å². The fourth-order valence-corrected chi connectivity index (χ4v) is 4.59. The van der Waals surface area contributed by atoms with Gasteiger partial charge in [-0.05, 0) is 36.5 Å². The van der Waals surface area contributed by atoms with Gasteiger partial charge in [-0.2, -0.15) is 0 Å². The third-order valence-corrected chi connectivity index (χ3v) is 6.21. The normalized spacial score (nSPS) is 21.5. The van der Waals surface area contributed by atoms with E-state index in [2.05, 4.69) is 5.32 Å². The molecular formula is C24H24N2O5. The fraction of sp³-hybridized carbons (Fsp3) is 0.333. The molecule has 1 aliphatic carbocycles. The number of nitrogens with zero attached hydrogens (tertiary/aromatic N) is 1. The molecule has 4 rings (SSSR count). The van der Waals surface area contributed by atoms with Crippen molar-refractivity contribution in [3.63, 3.8) is 0 Å². The van der Waals surface area contributed by atoms with E-state index < -0.39 is 17.9 Å². The van der Waals surface area contributed by atoms with Crippen LogP contribution in [0.25, 0.3) is 0 Å². The quantitative estimate of drug-likeness (QED) is 0.699. The van der Waals surface area contributed by atoms with Crippen LogP contribution in [0.1, 0.15) is 58.0 Å². The van der Waals surface area contributed by atoms with Crippen LogP contribution < -0.4 is 5.32 Å². The zero-order valence-electron chi connectivity index (χ0n) is 17.0. The van der Waals surface area contributed by atoms with Gasteiger partial charge in [0.05, 0.1) is 11.1 Å². The smallest absolute Gasteiger partial charge is 0.330 e. The first-order valence-electron chi connectivity index (χ1n) is 10.5. The molecule has 3 atom stereocenters. The zero-order chi connectivity index (χ0) is 22.0. The number of fused-ring (bicyclic) bond motifs is 1. The van der Waals surface area contributed by atoms with Crippen molar-refractivity contribution in [1.82, 2.24) is 10.2 Å². The Morgan fingerprint density at radius 3 is 2.13 bits per heavy atom. The molecule has 0 radical (unpaired) electrons. The molecule has 1 fully saturated rings. The Kier molecular flexibility index (Phi) is 5.84. The molecule has 0 aromatic heterocycles. The number of carbonyl (C=O) groups is 4. The molecule has 2 aromatic rings. The average Bonchev–Trinajstić information content (AvgIpc) is 3.03. The number of carboxylic acids is 1. The van der Waals surface area contributed by atoms with Crippen LogP contribution in [0.5, 0.6) is 0 Å². The molecule has 7 nitrogen and oxygen atoms in total. The Labute approximate surface area is 180 Å². The first-order chi connectivity index (χ1) is 15.0. The monoisotopic (exact) mass is 420 g/mol. The Morgan fingerprint density at radius 2 is 1.52 bits per heavy atom. The molecule has 2 aliphatic rings. The second kappa shape index (κ2) is 8.71. The third kappa shape index (κ3) is 4.08. The first kappa shape index (κ1) is 20.8. The minimum absolute atomic E-state index is 0.160. The number of hydrogen-bond donors (Lipinski definition) is 2. The lowest BCUT2D eigenvalue weighted by atomic mass is 9.78. The van der Waals surface area contributed by atoms with Gasteiger partial charge >= 0.3 is 5.97 Å². The van der Waals surface area contributed by atoms with Gasteiger partial charge in [0.2, 0.25) is 5.91 Å². The van der Waals surface area contributed by atoms with E-state index in [1.165, 1.54) is 4.90 Å². The Morgan fingerprint density at radius 1 is 0.935 bits per heavy atom. The van der Waals surface area contributed by atoms with Gasteiger partial charge in [-0.3, -0.25) is 19.3 Å². The van der Waals surface area contributed by atoms with Crippen molar-refractivity contribution in [2.24, 2.45) is 11.8 Å². The van der Waals surface area contributed by atoms with Crippen LogP contribution in [-0.4, -0.2) is 40.2 Å². The predicted molar refractivity (Wildman–Crippen MR) is 112 cm³/mol. The van der Waals surface area contributed by atoms with Crippen molar-refractivity contribution >= 4 is 23.7 Å². The van der Waals surface area contributed by atoms with Crippen LogP contribution in [-0.2, 0) is 9.59 Å². The highest BCUT2D eigenvalue weighted by molar-refractivity contribution is 6.21. The van der Waals surface area contributed by atoms with E-state index in [4.69, 9.17) is 0 Å². The van der Waals surface area contributed by atoms with E-state index in [1.54, 1.807) is 54.6 Å². The summed E-state index contributed by atoms with van der Waals surface area (Å²) in [5, 5.41) is 12.3. The molecule has 2 unspecified atom stereocenters. The van der Waals surface area contributed by atoms with Crippen LogP contribution >= 0.6 is 0 Å². The van der Waals surface area contributed by atoms with Gasteiger partial charge in [-0.1, -0.05) is 55.3 Å². The number of hydrogen-bond acceptors (Lipinski definition) is 4. The zero-order valence-corrected chi connectivity index (χ0v) is 17.0. The van der Waals surface area contributed by atoms with E-state index in [0.29, 0.717) is 29.5 Å². The summed E-state index contributed by atoms with van der Waals surface area (Å²) < 4.78 is 0. The number of carboxylic acid groups (broad SMARTS) is 1. The molecule has 0 spiro atoms. The minimum Gasteiger partial charge on any atom is -0.479 e. The predicted octanol–water partition coefficient (Wildman–Crippen LogP) is 3.03. The minimum atomic E-state index is -1.14. The second-order valence-corrected chi connectivity index (χ2v) is 8.11. The highest BCUT2D eigenvalue weighted by Gasteiger charge is 2.40. The van der Waals surface area contributed by atoms with Crippen molar-refractivity contribution in [3.8, 4) is 0 Å². The van der Waals surface area contributed by atoms with Gasteiger partial charge in [0.15, 0.2) is 6.04 Å². The summed E-state index contributed by atoms with van der Waals surface area (Å²) in [6, 6.07) is 14.1. The van der Waals surface area contributed by atoms with Gasteiger partial charge in [-0.15, -0.1) is 0 Å². The summed E-state index contributed by atoms with van der Waals surface area (Å²) in [5.74, 6) is -2.81. The van der Waals surface area contributed by atoms with E-state index >= 15 is 0 Å². The topological polar surface area (TPSA) is 104 Å². The van der Waals surface area contributed by atoms with Gasteiger partial charge in [0, 0.05) is 12.5 Å². The van der Waals surface area contributed by atoms with Crippen molar-refractivity contribution in [2.75, 3.05) is 6.54 Å². The molecule has 1 heterocycles. The highest BCUT2D eigenvalue weighted by atomic mass is 16.4. The van der Waals surface area contributed by atoms with Crippen LogP contribution in [0, 0.1) is 11.8 Å². The van der Waals surface area contributed by atoms with E-state index in [1.807, 2.05) is 0 Å². The fourth-order valence-electron chi connectivity index (χ4n) is 4.59. The van der Waals surface area contributed by atoms with Crippen LogP contribution in [0.2, 0.25) is 0 Å². The van der Waals surface area contributed by atoms with Crippen molar-refractivity contribution in [1.29, 1.82) is 0 Å². The summed E-state index contributed by atoms with van der Waals surface area (Å²) in [5.41, 5.74) is 1.27. The molecular weight excluding hydrogens is 396 g/mol. The first-order valence-corrected chi connectivity index (χ1v) is 10.5. The summed E-state index contributed by atoms with van der Waals surface area (Å²) in [4.78, 5) is 51.6. The summed E-state index contributed by atoms with van der Waals surface area (Å²) >= 11 is 0. The molecule has 31 heavy (non-hydrogen) atoms. The largest absolute Gasteiger partial charge is 0.479 e. The van der Waals surface area contributed by atoms with Gasteiger partial charge in [0.25, 0.3) is 11.8 Å². The maximum Gasteiger partial charge on any atom is 0.330 e. The molecule has 2 aromatic carbocycles. The van der Waals surface area contributed by atoms with E-state index in [0.717, 1.165) is 12.8 Å². The maximum absolute atomic E-state index is 13.1. The summed E-state index contributed by atoms with van der Waals surface area (Å²) in [6.07, 6.45) is 3.05. The highest BCUT2D eigenvalue weighted by Crippen LogP contribution is 2.34. The van der Waals surface area contributed by atoms with Crippen molar-refractivity contribution < 1.29 is 24.3 Å². The Balaban J connectivity index is 1.50. The lowest BCUT2D eigenvalue weighted by Gasteiger charge is -2.33.